The van der Waals surface area contributed by atoms with Crippen molar-refractivity contribution < 1.29 is 22.0 Å². The molecule has 0 radical (unpaired) electrons. The summed E-state index contributed by atoms with van der Waals surface area (Å²) >= 11 is 0. The maximum atomic E-state index is 13.6. The van der Waals surface area contributed by atoms with Crippen molar-refractivity contribution in [3.05, 3.63) is 82.4 Å². The maximum Gasteiger partial charge on any atom is 0.422 e. The van der Waals surface area contributed by atoms with Crippen molar-refractivity contribution in [3.63, 3.8) is 0 Å². The number of hydrogen-bond donors (Lipinski definition) is 0. The topological polar surface area (TPSA) is 0 Å². The summed E-state index contributed by atoms with van der Waals surface area (Å²) in [6.07, 6.45) is 6.31. The van der Waals surface area contributed by atoms with Gasteiger partial charge in [0.05, 0.1) is 0 Å². The number of benzene rings is 2. The van der Waals surface area contributed by atoms with Crippen LogP contribution in [0.25, 0.3) is 0 Å². The predicted molar refractivity (Wildman–Crippen MR) is 117 cm³/mol. The number of alkyl halides is 3. The molecule has 0 bridgehead atoms. The van der Waals surface area contributed by atoms with Crippen LogP contribution in [0.5, 0.6) is 0 Å². The molecule has 3 rings (SSSR count). The van der Waals surface area contributed by atoms with E-state index >= 15 is 0 Å². The van der Waals surface area contributed by atoms with Gasteiger partial charge in [0.15, 0.2) is 0 Å². The zero-order valence-corrected chi connectivity index (χ0v) is 18.1. The lowest BCUT2D eigenvalue weighted by Crippen LogP contribution is -2.11. The molecule has 1 fully saturated rings. The lowest BCUT2D eigenvalue weighted by Gasteiger charge is -2.27. The fraction of sp³-hybridized carbons (Fsp3) is 0.407. The summed E-state index contributed by atoms with van der Waals surface area (Å²) in [7, 11) is 0. The minimum Gasteiger partial charge on any atom is -0.206 e. The molecule has 0 heterocycles. The Hall–Kier alpha value is -2.61. The second kappa shape index (κ2) is 10.8. The first kappa shape index (κ1) is 24.0. The highest BCUT2D eigenvalue weighted by atomic mass is 19.4. The van der Waals surface area contributed by atoms with Crippen LogP contribution in [-0.4, -0.2) is 0 Å². The average molecular weight is 447 g/mol. The van der Waals surface area contributed by atoms with Crippen LogP contribution < -0.4 is 0 Å². The van der Waals surface area contributed by atoms with Crippen LogP contribution in [0, 0.1) is 29.4 Å². The van der Waals surface area contributed by atoms with E-state index in [1.807, 2.05) is 6.08 Å². The van der Waals surface area contributed by atoms with Gasteiger partial charge >= 0.3 is 6.18 Å². The highest BCUT2D eigenvalue weighted by molar-refractivity contribution is 5.40. The van der Waals surface area contributed by atoms with E-state index in [-0.39, 0.29) is 5.56 Å². The molecule has 1 aliphatic carbocycles. The van der Waals surface area contributed by atoms with Crippen molar-refractivity contribution in [2.75, 3.05) is 0 Å². The van der Waals surface area contributed by atoms with E-state index in [1.165, 1.54) is 24.0 Å². The molecule has 0 spiro atoms. The van der Waals surface area contributed by atoms with Gasteiger partial charge in [-0.3, -0.25) is 0 Å². The molecule has 170 valence electrons. The molecule has 1 aliphatic rings. The third-order valence-electron chi connectivity index (χ3n) is 6.04. The Morgan fingerprint density at radius 3 is 2.16 bits per heavy atom. The third-order valence-corrected chi connectivity index (χ3v) is 6.04. The Kier molecular flexibility index (Phi) is 8.12. The molecule has 0 nitrogen and oxygen atoms in total. The number of allylic oxidation sites excluding steroid dienone is 2. The van der Waals surface area contributed by atoms with E-state index < -0.39 is 23.4 Å². The van der Waals surface area contributed by atoms with Crippen LogP contribution in [0.1, 0.15) is 73.6 Å². The van der Waals surface area contributed by atoms with Crippen LogP contribution in [0.15, 0.2) is 48.6 Å². The standard InChI is InChI=1S/C27H27F5/c1-2-3-6-19-9-13-22(14-10-19)23-15-11-20(12-16-23)7-4-5-8-21-17-24(28)26(25(29)18-21)27(30,31)32/h4,7,9-10,13-14,17-18,20,23H,2-3,6,11-12,15-16H2,1H3/t20-,23-. The van der Waals surface area contributed by atoms with Crippen LogP contribution >= 0.6 is 0 Å². The fourth-order valence-electron chi connectivity index (χ4n) is 4.21. The molecule has 0 atom stereocenters. The van der Waals surface area contributed by atoms with Gasteiger partial charge in [-0.15, -0.1) is 0 Å². The smallest absolute Gasteiger partial charge is 0.206 e. The van der Waals surface area contributed by atoms with E-state index in [4.69, 9.17) is 0 Å². The van der Waals surface area contributed by atoms with Gasteiger partial charge in [0.2, 0.25) is 0 Å². The molecule has 0 unspecified atom stereocenters. The highest BCUT2D eigenvalue weighted by Gasteiger charge is 2.37. The maximum absolute atomic E-state index is 13.6. The van der Waals surface area contributed by atoms with E-state index in [0.29, 0.717) is 24.0 Å². The van der Waals surface area contributed by atoms with Crippen molar-refractivity contribution >= 4 is 0 Å². The molecule has 0 saturated heterocycles. The van der Waals surface area contributed by atoms with Gasteiger partial charge in [0.1, 0.15) is 17.2 Å². The molecule has 0 amide bonds. The van der Waals surface area contributed by atoms with Gasteiger partial charge in [-0.25, -0.2) is 8.78 Å². The van der Waals surface area contributed by atoms with Crippen LogP contribution in [0.3, 0.4) is 0 Å². The number of halogens is 5. The Bertz CT molecular complexity index is 958. The van der Waals surface area contributed by atoms with Gasteiger partial charge < -0.3 is 0 Å². The van der Waals surface area contributed by atoms with Gasteiger partial charge in [-0.05, 0) is 79.7 Å². The SMILES string of the molecule is CCCCc1ccc([C@H]2CC[C@H](C=CC#Cc3cc(F)c(C(F)(F)F)c(F)c3)CC2)cc1. The lowest BCUT2D eigenvalue weighted by atomic mass is 9.78. The van der Waals surface area contributed by atoms with Gasteiger partial charge in [0.25, 0.3) is 0 Å². The van der Waals surface area contributed by atoms with Gasteiger partial charge in [-0.2, -0.15) is 13.2 Å². The van der Waals surface area contributed by atoms with E-state index in [1.54, 1.807) is 6.08 Å². The normalized spacial score (nSPS) is 19.1. The fourth-order valence-corrected chi connectivity index (χ4v) is 4.21. The second-order valence-electron chi connectivity index (χ2n) is 8.40. The molecule has 0 aliphatic heterocycles. The van der Waals surface area contributed by atoms with Crippen molar-refractivity contribution in [1.29, 1.82) is 0 Å². The summed E-state index contributed by atoms with van der Waals surface area (Å²) in [4.78, 5) is 0. The minimum absolute atomic E-state index is 0.122. The van der Waals surface area contributed by atoms with E-state index in [9.17, 15) is 22.0 Å². The summed E-state index contributed by atoms with van der Waals surface area (Å²) in [5, 5.41) is 0. The van der Waals surface area contributed by atoms with Gasteiger partial charge in [-0.1, -0.05) is 55.5 Å². The van der Waals surface area contributed by atoms with Crippen molar-refractivity contribution in [1.82, 2.24) is 0 Å². The van der Waals surface area contributed by atoms with Gasteiger partial charge in [0, 0.05) is 5.56 Å². The quantitative estimate of drug-likeness (QED) is 0.321. The Morgan fingerprint density at radius 1 is 0.969 bits per heavy atom. The van der Waals surface area contributed by atoms with Crippen LogP contribution in [-0.2, 0) is 12.6 Å². The summed E-state index contributed by atoms with van der Waals surface area (Å²) in [5.74, 6) is 2.84. The first-order chi connectivity index (χ1) is 15.3. The second-order valence-corrected chi connectivity index (χ2v) is 8.40. The van der Waals surface area contributed by atoms with Crippen molar-refractivity contribution in [3.8, 4) is 11.8 Å². The first-order valence-corrected chi connectivity index (χ1v) is 11.1. The molecule has 0 aromatic heterocycles. The molecule has 0 N–H and O–H groups in total. The monoisotopic (exact) mass is 446 g/mol. The molecule has 2 aromatic carbocycles. The average Bonchev–Trinajstić information content (AvgIpc) is 2.75. The molecule has 2 aromatic rings. The third kappa shape index (κ3) is 6.45. The molecular formula is C27H27F5. The minimum atomic E-state index is -5.07. The van der Waals surface area contributed by atoms with E-state index in [2.05, 4.69) is 43.0 Å². The molecular weight excluding hydrogens is 419 g/mol. The summed E-state index contributed by atoms with van der Waals surface area (Å²) < 4.78 is 65.1. The van der Waals surface area contributed by atoms with Crippen molar-refractivity contribution in [2.45, 2.75) is 64.0 Å². The molecule has 5 heteroatoms. The highest BCUT2D eigenvalue weighted by Crippen LogP contribution is 2.36. The number of hydrogen-bond acceptors (Lipinski definition) is 0. The predicted octanol–water partition coefficient (Wildman–Crippen LogP) is 8.21. The Morgan fingerprint density at radius 2 is 1.59 bits per heavy atom. The lowest BCUT2D eigenvalue weighted by molar-refractivity contribution is -0.142. The number of rotatable bonds is 5. The summed E-state index contributed by atoms with van der Waals surface area (Å²) in [6, 6.07) is 10.2. The van der Waals surface area contributed by atoms with E-state index in [0.717, 1.165) is 32.1 Å². The summed E-state index contributed by atoms with van der Waals surface area (Å²) in [6.45, 7) is 2.20. The number of aryl methyl sites for hydroxylation is 1. The van der Waals surface area contributed by atoms with Crippen LogP contribution in [0.4, 0.5) is 22.0 Å². The Balaban J connectivity index is 1.53. The Labute approximate surface area is 186 Å². The zero-order valence-electron chi connectivity index (χ0n) is 18.1. The largest absolute Gasteiger partial charge is 0.422 e. The first-order valence-electron chi connectivity index (χ1n) is 11.1. The van der Waals surface area contributed by atoms with Crippen molar-refractivity contribution in [2.24, 2.45) is 5.92 Å². The zero-order chi connectivity index (χ0) is 23.1. The molecule has 32 heavy (non-hydrogen) atoms. The van der Waals surface area contributed by atoms with Crippen LogP contribution in [0.2, 0.25) is 0 Å². The summed E-state index contributed by atoms with van der Waals surface area (Å²) in [5.41, 5.74) is 0.770. The molecule has 1 saturated carbocycles. The number of unbranched alkanes of at least 4 members (excludes halogenated alkanes) is 1.